The van der Waals surface area contributed by atoms with E-state index in [4.69, 9.17) is 4.74 Å². The summed E-state index contributed by atoms with van der Waals surface area (Å²) in [6, 6.07) is 0. The Morgan fingerprint density at radius 3 is 2.83 bits per heavy atom. The number of hydrogen-bond acceptors (Lipinski definition) is 7. The van der Waals surface area contributed by atoms with Crippen molar-refractivity contribution in [2.75, 3.05) is 13.2 Å². The van der Waals surface area contributed by atoms with Crippen molar-refractivity contribution >= 4 is 17.5 Å². The van der Waals surface area contributed by atoms with Gasteiger partial charge in [0.05, 0.1) is 6.61 Å². The molecular weight excluding hydrogens is 304 g/mol. The van der Waals surface area contributed by atoms with Crippen LogP contribution in [0.3, 0.4) is 0 Å². The Morgan fingerprint density at radius 1 is 1.30 bits per heavy atom. The molecular formula is C13H18N6O4. The topological polar surface area (TPSA) is 120 Å². The van der Waals surface area contributed by atoms with E-state index < -0.39 is 11.6 Å². The van der Waals surface area contributed by atoms with Gasteiger partial charge in [-0.3, -0.25) is 9.59 Å². The molecule has 0 bridgehead atoms. The predicted octanol–water partition coefficient (Wildman–Crippen LogP) is -0.714. The van der Waals surface area contributed by atoms with Crippen molar-refractivity contribution in [3.05, 3.63) is 22.5 Å². The van der Waals surface area contributed by atoms with E-state index in [9.17, 15) is 14.4 Å². The van der Waals surface area contributed by atoms with Crippen LogP contribution in [0.25, 0.3) is 5.65 Å². The summed E-state index contributed by atoms with van der Waals surface area (Å²) < 4.78 is 7.03. The lowest BCUT2D eigenvalue weighted by Gasteiger charge is -2.04. The second-order valence-corrected chi connectivity index (χ2v) is 4.94. The molecule has 23 heavy (non-hydrogen) atoms. The first-order chi connectivity index (χ1) is 11.0. The standard InChI is InChI=1S/C13H18N6O4/c1-9(20)23-7-5-3-4-6-14-12(21)10-11-16-17-18(2)13(22)19(11)8-15-10/h8H,3-7H2,1-2H3,(H,14,21). The molecule has 0 spiro atoms. The lowest BCUT2D eigenvalue weighted by molar-refractivity contribution is -0.141. The summed E-state index contributed by atoms with van der Waals surface area (Å²) in [6.45, 7) is 2.20. The zero-order valence-electron chi connectivity index (χ0n) is 13.0. The molecule has 0 aliphatic carbocycles. The highest BCUT2D eigenvalue weighted by Gasteiger charge is 2.16. The molecule has 0 saturated heterocycles. The molecule has 1 amide bonds. The van der Waals surface area contributed by atoms with E-state index in [0.29, 0.717) is 13.2 Å². The van der Waals surface area contributed by atoms with Crippen LogP contribution < -0.4 is 11.0 Å². The number of esters is 1. The summed E-state index contributed by atoms with van der Waals surface area (Å²) in [6.07, 6.45) is 3.55. The van der Waals surface area contributed by atoms with Crippen LogP contribution in [0, 0.1) is 0 Å². The number of aromatic nitrogens is 5. The average molecular weight is 322 g/mol. The summed E-state index contributed by atoms with van der Waals surface area (Å²) in [5.41, 5.74) is -0.234. The van der Waals surface area contributed by atoms with Crippen LogP contribution in [0.2, 0.25) is 0 Å². The van der Waals surface area contributed by atoms with Gasteiger partial charge in [0.15, 0.2) is 11.3 Å². The van der Waals surface area contributed by atoms with Gasteiger partial charge in [0.1, 0.15) is 6.33 Å². The Labute approximate surface area is 131 Å². The fraction of sp³-hybridized carbons (Fsp3) is 0.538. The van der Waals surface area contributed by atoms with Crippen LogP contribution in [-0.4, -0.2) is 49.4 Å². The van der Waals surface area contributed by atoms with Crippen molar-refractivity contribution < 1.29 is 14.3 Å². The van der Waals surface area contributed by atoms with Gasteiger partial charge >= 0.3 is 11.7 Å². The summed E-state index contributed by atoms with van der Waals surface area (Å²) >= 11 is 0. The highest BCUT2D eigenvalue weighted by molar-refractivity contribution is 5.97. The number of nitrogens with zero attached hydrogens (tertiary/aromatic N) is 5. The van der Waals surface area contributed by atoms with E-state index in [1.54, 1.807) is 0 Å². The van der Waals surface area contributed by atoms with Gasteiger partial charge in [0.25, 0.3) is 5.91 Å². The smallest absolute Gasteiger partial charge is 0.352 e. The first-order valence-electron chi connectivity index (χ1n) is 7.19. The van der Waals surface area contributed by atoms with Gasteiger partial charge in [0.2, 0.25) is 0 Å². The highest BCUT2D eigenvalue weighted by Crippen LogP contribution is 2.02. The van der Waals surface area contributed by atoms with Gasteiger partial charge in [-0.15, -0.1) is 5.10 Å². The van der Waals surface area contributed by atoms with Crippen LogP contribution >= 0.6 is 0 Å². The number of imidazole rings is 1. The van der Waals surface area contributed by atoms with Crippen LogP contribution in [0.4, 0.5) is 0 Å². The fourth-order valence-corrected chi connectivity index (χ4v) is 1.95. The molecule has 10 nitrogen and oxygen atoms in total. The Morgan fingerprint density at radius 2 is 2.09 bits per heavy atom. The summed E-state index contributed by atoms with van der Waals surface area (Å²) in [4.78, 5) is 38.4. The van der Waals surface area contributed by atoms with Crippen LogP contribution in [0.5, 0.6) is 0 Å². The van der Waals surface area contributed by atoms with Crippen molar-refractivity contribution in [2.45, 2.75) is 26.2 Å². The SMILES string of the molecule is CC(=O)OCCCCCNC(=O)c1ncn2c(=O)n(C)nnc12. The van der Waals surface area contributed by atoms with Gasteiger partial charge in [-0.2, -0.15) is 4.68 Å². The maximum absolute atomic E-state index is 12.1. The van der Waals surface area contributed by atoms with E-state index in [2.05, 4.69) is 20.6 Å². The van der Waals surface area contributed by atoms with Crippen molar-refractivity contribution in [3.63, 3.8) is 0 Å². The fourth-order valence-electron chi connectivity index (χ4n) is 1.95. The first kappa shape index (κ1) is 16.6. The molecule has 124 valence electrons. The lowest BCUT2D eigenvalue weighted by atomic mass is 10.2. The zero-order valence-corrected chi connectivity index (χ0v) is 13.0. The minimum absolute atomic E-state index is 0.0649. The van der Waals surface area contributed by atoms with E-state index in [1.165, 1.54) is 24.7 Å². The van der Waals surface area contributed by atoms with Gasteiger partial charge in [-0.05, 0) is 19.3 Å². The second kappa shape index (κ2) is 7.47. The molecule has 2 heterocycles. The second-order valence-electron chi connectivity index (χ2n) is 4.94. The van der Waals surface area contributed by atoms with Crippen LogP contribution in [-0.2, 0) is 16.6 Å². The number of carbonyl (C=O) groups excluding carboxylic acids is 2. The number of unbranched alkanes of at least 4 members (excludes halogenated alkanes) is 2. The molecule has 0 atom stereocenters. The van der Waals surface area contributed by atoms with Crippen molar-refractivity contribution in [3.8, 4) is 0 Å². The Kier molecular flexibility index (Phi) is 5.39. The number of fused-ring (bicyclic) bond motifs is 1. The van der Waals surface area contributed by atoms with E-state index in [1.807, 2.05) is 0 Å². The molecule has 0 fully saturated rings. The minimum Gasteiger partial charge on any atom is -0.466 e. The monoisotopic (exact) mass is 322 g/mol. The largest absolute Gasteiger partial charge is 0.466 e. The first-order valence-corrected chi connectivity index (χ1v) is 7.19. The van der Waals surface area contributed by atoms with Gasteiger partial charge in [-0.1, -0.05) is 5.21 Å². The number of hydrogen-bond donors (Lipinski definition) is 1. The molecule has 0 saturated carbocycles. The number of rotatable bonds is 7. The molecule has 2 rings (SSSR count). The van der Waals surface area contributed by atoms with Crippen LogP contribution in [0.15, 0.2) is 11.1 Å². The predicted molar refractivity (Wildman–Crippen MR) is 78.8 cm³/mol. The lowest BCUT2D eigenvalue weighted by Crippen LogP contribution is -2.29. The van der Waals surface area contributed by atoms with Crippen molar-refractivity contribution in [1.29, 1.82) is 0 Å². The number of aryl methyl sites for hydroxylation is 1. The number of amides is 1. The average Bonchev–Trinajstić information content (AvgIpc) is 2.94. The van der Waals surface area contributed by atoms with Crippen molar-refractivity contribution in [2.24, 2.45) is 7.05 Å². The summed E-state index contributed by atoms with van der Waals surface area (Å²) in [7, 11) is 1.46. The van der Waals surface area contributed by atoms with Crippen LogP contribution in [0.1, 0.15) is 36.7 Å². The molecule has 2 aromatic rings. The van der Waals surface area contributed by atoms with E-state index >= 15 is 0 Å². The molecule has 2 aromatic heterocycles. The molecule has 10 heteroatoms. The normalized spacial score (nSPS) is 10.7. The molecule has 0 aromatic carbocycles. The Hall–Kier alpha value is -2.78. The molecule has 0 unspecified atom stereocenters. The maximum Gasteiger partial charge on any atom is 0.352 e. The summed E-state index contributed by atoms with van der Waals surface area (Å²) in [5.74, 6) is -0.702. The Bertz CT molecular complexity index is 765. The molecule has 0 aliphatic rings. The highest BCUT2D eigenvalue weighted by atomic mass is 16.5. The third kappa shape index (κ3) is 4.11. The number of carbonyl (C=O) groups is 2. The van der Waals surface area contributed by atoms with Crippen molar-refractivity contribution in [1.82, 2.24) is 29.7 Å². The van der Waals surface area contributed by atoms with E-state index in [0.717, 1.165) is 23.9 Å². The minimum atomic E-state index is -0.424. The number of ether oxygens (including phenoxy) is 1. The third-order valence-corrected chi connectivity index (χ3v) is 3.13. The summed E-state index contributed by atoms with van der Waals surface area (Å²) in [5, 5.41) is 10.2. The van der Waals surface area contributed by atoms with E-state index in [-0.39, 0.29) is 17.3 Å². The van der Waals surface area contributed by atoms with Gasteiger partial charge < -0.3 is 10.1 Å². The number of nitrogens with one attached hydrogen (secondary N) is 1. The van der Waals surface area contributed by atoms with Gasteiger partial charge in [-0.25, -0.2) is 14.2 Å². The maximum atomic E-state index is 12.1. The molecule has 0 radical (unpaired) electrons. The quantitative estimate of drug-likeness (QED) is 0.528. The van der Waals surface area contributed by atoms with Gasteiger partial charge in [0, 0.05) is 20.5 Å². The zero-order chi connectivity index (χ0) is 16.8. The molecule has 1 N–H and O–H groups in total. The Balaban J connectivity index is 1.84. The molecule has 0 aliphatic heterocycles. The third-order valence-electron chi connectivity index (χ3n) is 3.13.